The molecular weight excluding hydrogens is 268 g/mol. The lowest BCUT2D eigenvalue weighted by Gasteiger charge is -2.13. The minimum atomic E-state index is -1.32. The van der Waals surface area contributed by atoms with Gasteiger partial charge in [-0.15, -0.1) is 11.5 Å². The predicted molar refractivity (Wildman–Crippen MR) is 95.1 cm³/mol. The van der Waals surface area contributed by atoms with Crippen molar-refractivity contribution < 1.29 is 0 Å². The third kappa shape index (κ3) is 5.61. The Kier molecular flexibility index (Phi) is 5.42. The van der Waals surface area contributed by atoms with E-state index >= 15 is 0 Å². The first-order valence-corrected chi connectivity index (χ1v) is 11.2. The predicted octanol–water partition coefficient (Wildman–Crippen LogP) is 5.28. The first kappa shape index (κ1) is 15.6. The van der Waals surface area contributed by atoms with E-state index in [2.05, 4.69) is 91.8 Å². The fourth-order valence-electron chi connectivity index (χ4n) is 2.27. The van der Waals surface area contributed by atoms with E-state index in [1.54, 1.807) is 0 Å². The maximum atomic E-state index is 3.56. The highest BCUT2D eigenvalue weighted by Crippen LogP contribution is 2.21. The zero-order valence-corrected chi connectivity index (χ0v) is 14.3. The molecule has 0 saturated heterocycles. The van der Waals surface area contributed by atoms with Crippen LogP contribution in [0, 0.1) is 11.5 Å². The zero-order chi connectivity index (χ0) is 15.1. The van der Waals surface area contributed by atoms with Gasteiger partial charge in [0.05, 0.1) is 0 Å². The average molecular weight is 292 g/mol. The van der Waals surface area contributed by atoms with Gasteiger partial charge in [0.2, 0.25) is 0 Å². The molecule has 0 bridgehead atoms. The van der Waals surface area contributed by atoms with Gasteiger partial charge in [0, 0.05) is 5.92 Å². The Morgan fingerprint density at radius 2 is 1.43 bits per heavy atom. The molecule has 0 aliphatic rings. The Morgan fingerprint density at radius 3 is 2.00 bits per heavy atom. The molecule has 0 nitrogen and oxygen atoms in total. The van der Waals surface area contributed by atoms with Gasteiger partial charge in [-0.2, -0.15) is 0 Å². The van der Waals surface area contributed by atoms with Crippen LogP contribution in [0.25, 0.3) is 0 Å². The van der Waals surface area contributed by atoms with Crippen LogP contribution in [0.2, 0.25) is 19.6 Å². The summed E-state index contributed by atoms with van der Waals surface area (Å²) in [6.45, 7) is 6.91. The summed E-state index contributed by atoms with van der Waals surface area (Å²) in [5.74, 6) is 3.90. The highest BCUT2D eigenvalue weighted by atomic mass is 28.3. The topological polar surface area (TPSA) is 0 Å². The summed E-state index contributed by atoms with van der Waals surface area (Å²) >= 11 is 0. The third-order valence-corrected chi connectivity index (χ3v) is 4.28. The van der Waals surface area contributed by atoms with Gasteiger partial charge in [-0.3, -0.25) is 0 Å². The number of rotatable bonds is 4. The van der Waals surface area contributed by atoms with Crippen molar-refractivity contribution in [3.05, 3.63) is 71.8 Å². The minimum Gasteiger partial charge on any atom is -0.131 e. The molecule has 0 amide bonds. The number of benzene rings is 2. The van der Waals surface area contributed by atoms with Crippen molar-refractivity contribution in [3.8, 4) is 11.5 Å². The van der Waals surface area contributed by atoms with Gasteiger partial charge in [-0.1, -0.05) is 80.3 Å². The fraction of sp³-hybridized carbons (Fsp3) is 0.300. The Labute approximate surface area is 130 Å². The molecule has 0 aliphatic carbocycles. The van der Waals surface area contributed by atoms with Gasteiger partial charge in [-0.05, 0) is 24.0 Å². The molecule has 0 unspecified atom stereocenters. The summed E-state index contributed by atoms with van der Waals surface area (Å²) in [4.78, 5) is 0. The van der Waals surface area contributed by atoms with Crippen molar-refractivity contribution in [1.29, 1.82) is 0 Å². The van der Waals surface area contributed by atoms with E-state index in [0.29, 0.717) is 5.92 Å². The van der Waals surface area contributed by atoms with Crippen molar-refractivity contribution in [1.82, 2.24) is 0 Å². The third-order valence-electron chi connectivity index (χ3n) is 3.39. The van der Waals surface area contributed by atoms with Gasteiger partial charge in [0.25, 0.3) is 0 Å². The van der Waals surface area contributed by atoms with Crippen LogP contribution >= 0.6 is 0 Å². The molecule has 2 rings (SSSR count). The van der Waals surface area contributed by atoms with E-state index in [9.17, 15) is 0 Å². The van der Waals surface area contributed by atoms with Gasteiger partial charge in [0.1, 0.15) is 8.07 Å². The van der Waals surface area contributed by atoms with Gasteiger partial charge < -0.3 is 0 Å². The molecule has 1 atom stereocenters. The molecule has 108 valence electrons. The normalized spacial score (nSPS) is 12.3. The summed E-state index contributed by atoms with van der Waals surface area (Å²) in [6.07, 6.45) is 2.17. The van der Waals surface area contributed by atoms with Crippen LogP contribution in [-0.2, 0) is 6.42 Å². The molecule has 0 N–H and O–H groups in total. The fourth-order valence-corrected chi connectivity index (χ4v) is 2.87. The number of hydrogen-bond donors (Lipinski definition) is 0. The first-order valence-electron chi connectivity index (χ1n) is 7.66. The number of hydrogen-bond acceptors (Lipinski definition) is 0. The Hall–Kier alpha value is -1.78. The summed E-state index contributed by atoms with van der Waals surface area (Å²) < 4.78 is 0. The van der Waals surface area contributed by atoms with Crippen LogP contribution < -0.4 is 0 Å². The molecule has 21 heavy (non-hydrogen) atoms. The van der Waals surface area contributed by atoms with E-state index < -0.39 is 8.07 Å². The average Bonchev–Trinajstić information content (AvgIpc) is 2.48. The van der Waals surface area contributed by atoms with Crippen molar-refractivity contribution in [2.24, 2.45) is 0 Å². The standard InChI is InChI=1S/C20H24Si/c1-21(2,3)17-16-20(19-12-8-5-9-13-19)15-14-18-10-6-4-7-11-18/h4-13,20H,14-15H2,1-3H3/t20-/m1/s1. The van der Waals surface area contributed by atoms with Crippen molar-refractivity contribution >= 4 is 8.07 Å². The highest BCUT2D eigenvalue weighted by molar-refractivity contribution is 6.83. The lowest BCUT2D eigenvalue weighted by atomic mass is 9.93. The summed E-state index contributed by atoms with van der Waals surface area (Å²) in [7, 11) is -1.32. The monoisotopic (exact) mass is 292 g/mol. The summed E-state index contributed by atoms with van der Waals surface area (Å²) in [6, 6.07) is 21.4. The van der Waals surface area contributed by atoms with E-state index in [1.807, 2.05) is 0 Å². The van der Waals surface area contributed by atoms with Gasteiger partial charge in [-0.25, -0.2) is 0 Å². The molecule has 0 aliphatic heterocycles. The molecule has 1 heteroatoms. The zero-order valence-electron chi connectivity index (χ0n) is 13.3. The number of aryl methyl sites for hydroxylation is 1. The van der Waals surface area contributed by atoms with Gasteiger partial charge >= 0.3 is 0 Å². The smallest absolute Gasteiger partial charge is 0.129 e. The minimum absolute atomic E-state index is 0.345. The van der Waals surface area contributed by atoms with E-state index in [-0.39, 0.29) is 0 Å². The van der Waals surface area contributed by atoms with Gasteiger partial charge in [0.15, 0.2) is 0 Å². The molecule has 0 fully saturated rings. The molecule has 0 saturated carbocycles. The van der Waals surface area contributed by atoms with E-state index in [4.69, 9.17) is 0 Å². The second kappa shape index (κ2) is 7.29. The molecule has 0 heterocycles. The van der Waals surface area contributed by atoms with Crippen LogP contribution in [0.15, 0.2) is 60.7 Å². The van der Waals surface area contributed by atoms with Crippen LogP contribution in [-0.4, -0.2) is 8.07 Å². The maximum Gasteiger partial charge on any atom is 0.129 e. The van der Waals surface area contributed by atoms with E-state index in [0.717, 1.165) is 12.8 Å². The quantitative estimate of drug-likeness (QED) is 0.531. The lowest BCUT2D eigenvalue weighted by Crippen LogP contribution is -2.17. The molecular formula is C20H24Si. The first-order chi connectivity index (χ1) is 10.0. The van der Waals surface area contributed by atoms with Crippen LogP contribution in [0.1, 0.15) is 23.5 Å². The van der Waals surface area contributed by atoms with Crippen LogP contribution in [0.4, 0.5) is 0 Å². The SMILES string of the molecule is C[Si](C)(C)C#C[C@@H](CCc1ccccc1)c1ccccc1. The van der Waals surface area contributed by atoms with Crippen LogP contribution in [0.3, 0.4) is 0 Å². The lowest BCUT2D eigenvalue weighted by molar-refractivity contribution is 0.754. The Morgan fingerprint density at radius 1 is 0.857 bits per heavy atom. The maximum absolute atomic E-state index is 3.56. The van der Waals surface area contributed by atoms with Crippen molar-refractivity contribution in [2.45, 2.75) is 38.4 Å². The summed E-state index contributed by atoms with van der Waals surface area (Å²) in [5, 5.41) is 0. The molecule has 2 aromatic rings. The van der Waals surface area contributed by atoms with Crippen LogP contribution in [0.5, 0.6) is 0 Å². The molecule has 2 aromatic carbocycles. The largest absolute Gasteiger partial charge is 0.131 e. The van der Waals surface area contributed by atoms with E-state index in [1.165, 1.54) is 11.1 Å². The second-order valence-electron chi connectivity index (χ2n) is 6.51. The van der Waals surface area contributed by atoms with Crippen molar-refractivity contribution in [2.75, 3.05) is 0 Å². The highest BCUT2D eigenvalue weighted by Gasteiger charge is 2.12. The Bertz CT molecular complexity index is 597. The molecule has 0 radical (unpaired) electrons. The molecule has 0 aromatic heterocycles. The Balaban J connectivity index is 2.14. The summed E-state index contributed by atoms with van der Waals surface area (Å²) in [5.41, 5.74) is 6.29. The molecule has 0 spiro atoms. The van der Waals surface area contributed by atoms with Crippen molar-refractivity contribution in [3.63, 3.8) is 0 Å². The second-order valence-corrected chi connectivity index (χ2v) is 11.3.